The number of nitrogen functional groups attached to an aromatic ring is 1. The molecular weight excluding hydrogens is 264 g/mol. The van der Waals surface area contributed by atoms with Crippen LogP contribution in [0.25, 0.3) is 0 Å². The Morgan fingerprint density at radius 3 is 2.68 bits per heavy atom. The Bertz CT molecular complexity index is 569. The molecule has 0 saturated carbocycles. The molecule has 2 rings (SSSR count). The molecule has 106 valence electrons. The zero-order valence-electron chi connectivity index (χ0n) is 11.5. The highest BCUT2D eigenvalue weighted by Gasteiger charge is 2.37. The number of rotatable bonds is 2. The van der Waals surface area contributed by atoms with E-state index in [1.54, 1.807) is 18.2 Å². The van der Waals surface area contributed by atoms with Crippen LogP contribution in [-0.2, 0) is 14.8 Å². The quantitative estimate of drug-likeness (QED) is 0.834. The lowest BCUT2D eigenvalue weighted by molar-refractivity contribution is -0.109. The minimum atomic E-state index is -3.52. The number of nitrogens with two attached hydrogens (primary N) is 1. The molecule has 0 spiro atoms. The lowest BCUT2D eigenvalue weighted by Crippen LogP contribution is -2.53. The predicted molar refractivity (Wildman–Crippen MR) is 74.2 cm³/mol. The SMILES string of the molecule is CC1CN(S(=O)(=O)c2cccc(N)c2)CC(C)(C)O1. The van der Waals surface area contributed by atoms with Crippen LogP contribution in [0.15, 0.2) is 29.2 Å². The summed E-state index contributed by atoms with van der Waals surface area (Å²) < 4.78 is 32.4. The average Bonchev–Trinajstić information content (AvgIpc) is 2.26. The number of sulfonamides is 1. The Hall–Kier alpha value is -1.11. The second-order valence-electron chi connectivity index (χ2n) is 5.56. The van der Waals surface area contributed by atoms with E-state index in [0.29, 0.717) is 18.8 Å². The second kappa shape index (κ2) is 4.77. The van der Waals surface area contributed by atoms with Gasteiger partial charge in [0.1, 0.15) is 0 Å². The molecule has 6 heteroatoms. The number of hydrogen-bond acceptors (Lipinski definition) is 4. The zero-order chi connectivity index (χ0) is 14.3. The van der Waals surface area contributed by atoms with Gasteiger partial charge in [0.2, 0.25) is 10.0 Å². The van der Waals surface area contributed by atoms with Gasteiger partial charge in [0.15, 0.2) is 0 Å². The first-order chi connectivity index (χ1) is 8.71. The number of morpholine rings is 1. The largest absolute Gasteiger partial charge is 0.399 e. The summed E-state index contributed by atoms with van der Waals surface area (Å²) in [7, 11) is -3.52. The van der Waals surface area contributed by atoms with Crippen LogP contribution in [0.3, 0.4) is 0 Å². The van der Waals surface area contributed by atoms with Gasteiger partial charge in [-0.15, -0.1) is 0 Å². The highest BCUT2D eigenvalue weighted by Crippen LogP contribution is 2.26. The fourth-order valence-corrected chi connectivity index (χ4v) is 4.12. The normalized spacial score (nSPS) is 24.3. The summed E-state index contributed by atoms with van der Waals surface area (Å²) in [5.41, 5.74) is 5.62. The van der Waals surface area contributed by atoms with Crippen LogP contribution >= 0.6 is 0 Å². The van der Waals surface area contributed by atoms with E-state index in [-0.39, 0.29) is 11.0 Å². The van der Waals surface area contributed by atoms with Crippen molar-refractivity contribution in [2.45, 2.75) is 37.4 Å². The molecular formula is C13H20N2O3S. The fourth-order valence-electron chi connectivity index (χ4n) is 2.40. The third-order valence-corrected chi connectivity index (χ3v) is 4.84. The average molecular weight is 284 g/mol. The third kappa shape index (κ3) is 3.08. The van der Waals surface area contributed by atoms with E-state index in [2.05, 4.69) is 0 Å². The van der Waals surface area contributed by atoms with Crippen LogP contribution in [-0.4, -0.2) is 37.5 Å². The van der Waals surface area contributed by atoms with Gasteiger partial charge in [-0.3, -0.25) is 0 Å². The Balaban J connectivity index is 2.34. The maximum atomic E-state index is 12.6. The molecule has 1 saturated heterocycles. The highest BCUT2D eigenvalue weighted by molar-refractivity contribution is 7.89. The van der Waals surface area contributed by atoms with Crippen molar-refractivity contribution in [3.8, 4) is 0 Å². The number of anilines is 1. The number of benzene rings is 1. The molecule has 1 aromatic rings. The van der Waals surface area contributed by atoms with Gasteiger partial charge in [-0.25, -0.2) is 8.42 Å². The second-order valence-corrected chi connectivity index (χ2v) is 7.50. The molecule has 2 N–H and O–H groups in total. The summed E-state index contributed by atoms with van der Waals surface area (Å²) in [5, 5.41) is 0. The molecule has 0 bridgehead atoms. The Kier molecular flexibility index (Phi) is 3.59. The van der Waals surface area contributed by atoms with Crippen molar-refractivity contribution in [2.75, 3.05) is 18.8 Å². The Morgan fingerprint density at radius 1 is 1.42 bits per heavy atom. The van der Waals surface area contributed by atoms with E-state index in [4.69, 9.17) is 10.5 Å². The van der Waals surface area contributed by atoms with Crippen LogP contribution < -0.4 is 5.73 Å². The zero-order valence-corrected chi connectivity index (χ0v) is 12.3. The molecule has 5 nitrogen and oxygen atoms in total. The lowest BCUT2D eigenvalue weighted by Gasteiger charge is -2.40. The van der Waals surface area contributed by atoms with Crippen molar-refractivity contribution in [2.24, 2.45) is 0 Å². The van der Waals surface area contributed by atoms with Crippen LogP contribution in [0.4, 0.5) is 5.69 Å². The lowest BCUT2D eigenvalue weighted by atomic mass is 10.1. The van der Waals surface area contributed by atoms with E-state index < -0.39 is 15.6 Å². The molecule has 19 heavy (non-hydrogen) atoms. The van der Waals surface area contributed by atoms with E-state index in [0.717, 1.165) is 0 Å². The minimum absolute atomic E-state index is 0.125. The van der Waals surface area contributed by atoms with E-state index >= 15 is 0 Å². The molecule has 0 amide bonds. The van der Waals surface area contributed by atoms with E-state index in [1.807, 2.05) is 20.8 Å². The summed E-state index contributed by atoms with van der Waals surface area (Å²) in [6.45, 7) is 6.37. The summed E-state index contributed by atoms with van der Waals surface area (Å²) in [5.74, 6) is 0. The van der Waals surface area contributed by atoms with Crippen molar-refractivity contribution in [3.63, 3.8) is 0 Å². The van der Waals surface area contributed by atoms with Gasteiger partial charge >= 0.3 is 0 Å². The minimum Gasteiger partial charge on any atom is -0.399 e. The molecule has 1 aromatic carbocycles. The van der Waals surface area contributed by atoms with Gasteiger partial charge in [0.25, 0.3) is 0 Å². The molecule has 0 radical (unpaired) electrons. The van der Waals surface area contributed by atoms with E-state index in [9.17, 15) is 8.42 Å². The van der Waals surface area contributed by atoms with Crippen molar-refractivity contribution >= 4 is 15.7 Å². The van der Waals surface area contributed by atoms with Gasteiger partial charge in [-0.1, -0.05) is 6.07 Å². The number of nitrogens with zero attached hydrogens (tertiary/aromatic N) is 1. The van der Waals surface area contributed by atoms with Gasteiger partial charge in [0, 0.05) is 18.8 Å². The maximum Gasteiger partial charge on any atom is 0.243 e. The highest BCUT2D eigenvalue weighted by atomic mass is 32.2. The molecule has 1 unspecified atom stereocenters. The van der Waals surface area contributed by atoms with Crippen molar-refractivity contribution in [3.05, 3.63) is 24.3 Å². The molecule has 1 aliphatic heterocycles. The topological polar surface area (TPSA) is 72.6 Å². The Labute approximate surface area is 114 Å². The molecule has 1 atom stereocenters. The molecule has 1 heterocycles. The van der Waals surface area contributed by atoms with Crippen molar-refractivity contribution in [1.82, 2.24) is 4.31 Å². The first kappa shape index (κ1) is 14.3. The van der Waals surface area contributed by atoms with Gasteiger partial charge in [0.05, 0.1) is 16.6 Å². The maximum absolute atomic E-state index is 12.6. The standard InChI is InChI=1S/C13H20N2O3S/c1-10-8-15(9-13(2,3)18-10)19(16,17)12-6-4-5-11(14)7-12/h4-7,10H,8-9,14H2,1-3H3. The first-order valence-corrected chi connectivity index (χ1v) is 7.68. The van der Waals surface area contributed by atoms with Crippen LogP contribution in [0.5, 0.6) is 0 Å². The summed E-state index contributed by atoms with van der Waals surface area (Å²) >= 11 is 0. The molecule has 0 aromatic heterocycles. The van der Waals surface area contributed by atoms with Crippen molar-refractivity contribution < 1.29 is 13.2 Å². The number of hydrogen-bond donors (Lipinski definition) is 1. The van der Waals surface area contributed by atoms with Crippen LogP contribution in [0, 0.1) is 0 Å². The van der Waals surface area contributed by atoms with Gasteiger partial charge < -0.3 is 10.5 Å². The first-order valence-electron chi connectivity index (χ1n) is 6.24. The summed E-state index contributed by atoms with van der Waals surface area (Å²) in [4.78, 5) is 0.234. The summed E-state index contributed by atoms with van der Waals surface area (Å²) in [6.07, 6.45) is -0.125. The van der Waals surface area contributed by atoms with Crippen LogP contribution in [0.2, 0.25) is 0 Å². The Morgan fingerprint density at radius 2 is 2.11 bits per heavy atom. The number of ether oxygens (including phenoxy) is 1. The van der Waals surface area contributed by atoms with Gasteiger partial charge in [-0.2, -0.15) is 4.31 Å². The molecule has 0 aliphatic carbocycles. The fraction of sp³-hybridized carbons (Fsp3) is 0.538. The van der Waals surface area contributed by atoms with Crippen LogP contribution in [0.1, 0.15) is 20.8 Å². The molecule has 1 aliphatic rings. The third-order valence-electron chi connectivity index (χ3n) is 3.03. The molecule has 1 fully saturated rings. The van der Waals surface area contributed by atoms with Gasteiger partial charge in [-0.05, 0) is 39.0 Å². The van der Waals surface area contributed by atoms with E-state index in [1.165, 1.54) is 10.4 Å². The summed E-state index contributed by atoms with van der Waals surface area (Å²) in [6, 6.07) is 6.38. The predicted octanol–water partition coefficient (Wildman–Crippen LogP) is 1.46. The van der Waals surface area contributed by atoms with Crippen molar-refractivity contribution in [1.29, 1.82) is 0 Å². The smallest absolute Gasteiger partial charge is 0.243 e. The monoisotopic (exact) mass is 284 g/mol.